The van der Waals surface area contributed by atoms with Crippen LogP contribution in [0.15, 0.2) is 12.2 Å². The van der Waals surface area contributed by atoms with E-state index in [0.29, 0.717) is 0 Å². The molecular formula is C10H17N. The fourth-order valence-corrected chi connectivity index (χ4v) is 2.26. The minimum Gasteiger partial charge on any atom is -0.299 e. The zero-order valence-electron chi connectivity index (χ0n) is 7.29. The van der Waals surface area contributed by atoms with Crippen LogP contribution in [0.2, 0.25) is 0 Å². The second kappa shape index (κ2) is 2.98. The summed E-state index contributed by atoms with van der Waals surface area (Å²) in [5.41, 5.74) is 0. The van der Waals surface area contributed by atoms with Crippen LogP contribution in [0.5, 0.6) is 0 Å². The molecule has 0 aromatic rings. The molecule has 0 N–H and O–H groups in total. The van der Waals surface area contributed by atoms with E-state index in [1.54, 1.807) is 0 Å². The molecule has 0 bridgehead atoms. The van der Waals surface area contributed by atoms with E-state index in [9.17, 15) is 0 Å². The zero-order valence-corrected chi connectivity index (χ0v) is 7.29. The molecule has 2 aliphatic rings. The summed E-state index contributed by atoms with van der Waals surface area (Å²) in [5.74, 6) is 2.14. The summed E-state index contributed by atoms with van der Waals surface area (Å²) in [6.07, 6.45) is 7.42. The quantitative estimate of drug-likeness (QED) is 0.545. The van der Waals surface area contributed by atoms with Gasteiger partial charge in [-0.15, -0.1) is 0 Å². The molecule has 1 saturated heterocycles. The Hall–Kier alpha value is -0.300. The summed E-state index contributed by atoms with van der Waals surface area (Å²) in [6.45, 7) is 6.03. The summed E-state index contributed by atoms with van der Waals surface area (Å²) < 4.78 is 0. The predicted octanol–water partition coefficient (Wildman–Crippen LogP) is 1.90. The molecule has 2 atom stereocenters. The fraction of sp³-hybridized carbons (Fsp3) is 0.800. The summed E-state index contributed by atoms with van der Waals surface area (Å²) >= 11 is 0. The fourth-order valence-electron chi connectivity index (χ4n) is 2.26. The Morgan fingerprint density at radius 1 is 1.27 bits per heavy atom. The van der Waals surface area contributed by atoms with Crippen LogP contribution in [0.25, 0.3) is 0 Å². The van der Waals surface area contributed by atoms with Crippen LogP contribution in [0, 0.1) is 11.8 Å². The Morgan fingerprint density at radius 3 is 2.36 bits per heavy atom. The highest BCUT2D eigenvalue weighted by Gasteiger charge is 2.38. The second-order valence-electron chi connectivity index (χ2n) is 3.89. The smallest absolute Gasteiger partial charge is 0.0163 e. The molecule has 1 heterocycles. The van der Waals surface area contributed by atoms with Gasteiger partial charge in [0.25, 0.3) is 0 Å². The van der Waals surface area contributed by atoms with Crippen LogP contribution < -0.4 is 0 Å². The SMILES string of the molecule is C/C=C/CN1CC2CCC2C1. The van der Waals surface area contributed by atoms with Gasteiger partial charge in [0.2, 0.25) is 0 Å². The molecule has 0 amide bonds. The molecule has 1 aliphatic carbocycles. The number of hydrogen-bond acceptors (Lipinski definition) is 1. The predicted molar refractivity (Wildman–Crippen MR) is 47.5 cm³/mol. The third-order valence-corrected chi connectivity index (χ3v) is 3.16. The summed E-state index contributed by atoms with van der Waals surface area (Å²) in [6, 6.07) is 0. The average molecular weight is 151 g/mol. The molecule has 0 spiro atoms. The first-order chi connectivity index (χ1) is 5.40. The zero-order chi connectivity index (χ0) is 7.68. The lowest BCUT2D eigenvalue weighted by molar-refractivity contribution is 0.243. The van der Waals surface area contributed by atoms with Gasteiger partial charge < -0.3 is 0 Å². The molecule has 11 heavy (non-hydrogen) atoms. The highest BCUT2D eigenvalue weighted by molar-refractivity contribution is 4.94. The number of rotatable bonds is 2. The van der Waals surface area contributed by atoms with Crippen LogP contribution in [0.4, 0.5) is 0 Å². The molecule has 0 radical (unpaired) electrons. The van der Waals surface area contributed by atoms with Gasteiger partial charge in [-0.3, -0.25) is 4.90 Å². The number of fused-ring (bicyclic) bond motifs is 1. The molecule has 0 aromatic heterocycles. The van der Waals surface area contributed by atoms with Crippen molar-refractivity contribution < 1.29 is 0 Å². The summed E-state index contributed by atoms with van der Waals surface area (Å²) in [5, 5.41) is 0. The van der Waals surface area contributed by atoms with Gasteiger partial charge in [-0.25, -0.2) is 0 Å². The van der Waals surface area contributed by atoms with Crippen LogP contribution in [0.3, 0.4) is 0 Å². The summed E-state index contributed by atoms with van der Waals surface area (Å²) in [4.78, 5) is 2.59. The molecule has 2 rings (SSSR count). The lowest BCUT2D eigenvalue weighted by Crippen LogP contribution is -2.22. The highest BCUT2D eigenvalue weighted by Crippen LogP contribution is 2.40. The van der Waals surface area contributed by atoms with Gasteiger partial charge in [-0.2, -0.15) is 0 Å². The van der Waals surface area contributed by atoms with E-state index < -0.39 is 0 Å². The summed E-state index contributed by atoms with van der Waals surface area (Å²) in [7, 11) is 0. The van der Waals surface area contributed by atoms with Gasteiger partial charge >= 0.3 is 0 Å². The first-order valence-corrected chi connectivity index (χ1v) is 4.73. The Bertz CT molecular complexity index is 150. The monoisotopic (exact) mass is 151 g/mol. The van der Waals surface area contributed by atoms with Crippen LogP contribution in [-0.4, -0.2) is 24.5 Å². The number of likely N-dealkylation sites (tertiary alicyclic amines) is 1. The van der Waals surface area contributed by atoms with Crippen molar-refractivity contribution in [2.75, 3.05) is 19.6 Å². The Kier molecular flexibility index (Phi) is 1.99. The van der Waals surface area contributed by atoms with Crippen molar-refractivity contribution in [1.29, 1.82) is 0 Å². The van der Waals surface area contributed by atoms with Gasteiger partial charge in [-0.05, 0) is 31.6 Å². The maximum atomic E-state index is 2.59. The van der Waals surface area contributed by atoms with E-state index in [0.717, 1.165) is 11.8 Å². The van der Waals surface area contributed by atoms with E-state index in [1.807, 2.05) is 0 Å². The normalized spacial score (nSPS) is 37.5. The Morgan fingerprint density at radius 2 is 1.91 bits per heavy atom. The molecule has 1 nitrogen and oxygen atoms in total. The Balaban J connectivity index is 1.79. The van der Waals surface area contributed by atoms with Gasteiger partial charge in [0.1, 0.15) is 0 Å². The van der Waals surface area contributed by atoms with E-state index in [1.165, 1.54) is 32.5 Å². The topological polar surface area (TPSA) is 3.24 Å². The van der Waals surface area contributed by atoms with E-state index in [2.05, 4.69) is 24.0 Å². The molecule has 2 unspecified atom stereocenters. The van der Waals surface area contributed by atoms with Crippen molar-refractivity contribution >= 4 is 0 Å². The second-order valence-corrected chi connectivity index (χ2v) is 3.89. The molecule has 1 aliphatic heterocycles. The largest absolute Gasteiger partial charge is 0.299 e. The maximum Gasteiger partial charge on any atom is 0.0163 e. The molecule has 0 aromatic carbocycles. The first-order valence-electron chi connectivity index (χ1n) is 4.73. The van der Waals surface area contributed by atoms with E-state index >= 15 is 0 Å². The van der Waals surface area contributed by atoms with E-state index in [4.69, 9.17) is 0 Å². The van der Waals surface area contributed by atoms with Crippen molar-refractivity contribution in [2.24, 2.45) is 11.8 Å². The molecular weight excluding hydrogens is 134 g/mol. The molecule has 1 saturated carbocycles. The lowest BCUT2D eigenvalue weighted by Gasteiger charge is -2.28. The number of allylic oxidation sites excluding steroid dienone is 1. The van der Waals surface area contributed by atoms with Crippen molar-refractivity contribution in [3.05, 3.63) is 12.2 Å². The highest BCUT2D eigenvalue weighted by atomic mass is 15.2. The van der Waals surface area contributed by atoms with Gasteiger partial charge in [0.15, 0.2) is 0 Å². The maximum absolute atomic E-state index is 2.59. The van der Waals surface area contributed by atoms with Crippen LogP contribution >= 0.6 is 0 Å². The van der Waals surface area contributed by atoms with Crippen molar-refractivity contribution in [1.82, 2.24) is 4.90 Å². The average Bonchev–Trinajstić information content (AvgIpc) is 2.25. The standard InChI is InChI=1S/C10H17N/c1-2-3-6-11-7-9-4-5-10(9)8-11/h2-3,9-10H,4-8H2,1H3/b3-2+. The number of nitrogens with zero attached hydrogens (tertiary/aromatic N) is 1. The van der Waals surface area contributed by atoms with Crippen molar-refractivity contribution in [3.63, 3.8) is 0 Å². The lowest BCUT2D eigenvalue weighted by atomic mass is 9.77. The molecule has 62 valence electrons. The van der Waals surface area contributed by atoms with Crippen molar-refractivity contribution in [3.8, 4) is 0 Å². The van der Waals surface area contributed by atoms with Crippen LogP contribution in [0.1, 0.15) is 19.8 Å². The van der Waals surface area contributed by atoms with Gasteiger partial charge in [-0.1, -0.05) is 12.2 Å². The molecule has 2 fully saturated rings. The van der Waals surface area contributed by atoms with Gasteiger partial charge in [0, 0.05) is 19.6 Å². The minimum absolute atomic E-state index is 1.07. The third-order valence-electron chi connectivity index (χ3n) is 3.16. The third kappa shape index (κ3) is 1.34. The molecule has 1 heteroatoms. The minimum atomic E-state index is 1.07. The van der Waals surface area contributed by atoms with Gasteiger partial charge in [0.05, 0.1) is 0 Å². The van der Waals surface area contributed by atoms with E-state index in [-0.39, 0.29) is 0 Å². The van der Waals surface area contributed by atoms with Crippen LogP contribution in [-0.2, 0) is 0 Å². The number of hydrogen-bond donors (Lipinski definition) is 0. The van der Waals surface area contributed by atoms with Crippen molar-refractivity contribution in [2.45, 2.75) is 19.8 Å². The first kappa shape index (κ1) is 7.35. The Labute approximate surface area is 69.1 Å².